The van der Waals surface area contributed by atoms with Crippen LogP contribution >= 0.6 is 0 Å². The molecule has 2 aromatic rings. The zero-order valence-electron chi connectivity index (χ0n) is 15.6. The summed E-state index contributed by atoms with van der Waals surface area (Å²) < 4.78 is 55.1. The monoisotopic (exact) mass is 412 g/mol. The minimum Gasteiger partial charge on any atom is -0.435 e. The minimum absolute atomic E-state index is 0.00714. The third-order valence-corrected chi connectivity index (χ3v) is 6.10. The van der Waals surface area contributed by atoms with Gasteiger partial charge in [0.1, 0.15) is 5.75 Å². The number of rotatable bonds is 9. The topological polar surface area (TPSA) is 75.7 Å². The maximum Gasteiger partial charge on any atom is 0.387 e. The zero-order valence-corrected chi connectivity index (χ0v) is 16.4. The van der Waals surface area contributed by atoms with E-state index < -0.39 is 22.5 Å². The molecule has 0 bridgehead atoms. The summed E-state index contributed by atoms with van der Waals surface area (Å²) in [5, 5.41) is 2.66. The van der Waals surface area contributed by atoms with Gasteiger partial charge in [-0.1, -0.05) is 26.0 Å². The number of carbonyl (C=O) groups excluding carboxylic acids is 1. The number of carbonyl (C=O) groups is 1. The SMILES string of the molecule is CCN(CC)S(=O)(=O)c1ccc(C(=O)NCc2cccc(OC(F)F)c2)cc1. The number of halogens is 2. The molecule has 0 aliphatic carbocycles. The van der Waals surface area contributed by atoms with Crippen LogP contribution < -0.4 is 10.1 Å². The van der Waals surface area contributed by atoms with Crippen molar-refractivity contribution in [2.45, 2.75) is 31.9 Å². The molecule has 1 amide bonds. The molecular formula is C19H22F2N2O4S. The van der Waals surface area contributed by atoms with Crippen molar-refractivity contribution >= 4 is 15.9 Å². The van der Waals surface area contributed by atoms with Gasteiger partial charge in [0.15, 0.2) is 0 Å². The molecule has 0 aliphatic rings. The van der Waals surface area contributed by atoms with Crippen LogP contribution in [0.2, 0.25) is 0 Å². The number of sulfonamides is 1. The van der Waals surface area contributed by atoms with Gasteiger partial charge in [0.05, 0.1) is 4.90 Å². The summed E-state index contributed by atoms with van der Waals surface area (Å²) in [4.78, 5) is 12.4. The van der Waals surface area contributed by atoms with Crippen LogP contribution in [0.5, 0.6) is 5.75 Å². The highest BCUT2D eigenvalue weighted by Gasteiger charge is 2.21. The van der Waals surface area contributed by atoms with Crippen LogP contribution in [0.1, 0.15) is 29.8 Å². The summed E-state index contributed by atoms with van der Waals surface area (Å²) >= 11 is 0. The number of hydrogen-bond acceptors (Lipinski definition) is 4. The predicted octanol–water partition coefficient (Wildman–Crippen LogP) is 3.25. The average molecular weight is 412 g/mol. The van der Waals surface area contributed by atoms with E-state index >= 15 is 0 Å². The van der Waals surface area contributed by atoms with E-state index in [4.69, 9.17) is 0 Å². The first-order chi connectivity index (χ1) is 13.3. The highest BCUT2D eigenvalue weighted by molar-refractivity contribution is 7.89. The summed E-state index contributed by atoms with van der Waals surface area (Å²) in [5.74, 6) is -0.403. The Hall–Kier alpha value is -2.52. The van der Waals surface area contributed by atoms with E-state index in [0.717, 1.165) is 0 Å². The normalized spacial score (nSPS) is 11.6. The fraction of sp³-hybridized carbons (Fsp3) is 0.316. The molecule has 0 saturated carbocycles. The molecule has 0 aliphatic heterocycles. The molecule has 152 valence electrons. The summed E-state index contributed by atoms with van der Waals surface area (Å²) in [6, 6.07) is 11.7. The first-order valence-corrected chi connectivity index (χ1v) is 10.1. The molecule has 28 heavy (non-hydrogen) atoms. The highest BCUT2D eigenvalue weighted by atomic mass is 32.2. The minimum atomic E-state index is -3.59. The molecule has 0 aromatic heterocycles. The molecule has 2 rings (SSSR count). The van der Waals surface area contributed by atoms with Crippen molar-refractivity contribution in [1.82, 2.24) is 9.62 Å². The molecule has 0 radical (unpaired) electrons. The quantitative estimate of drug-likeness (QED) is 0.686. The van der Waals surface area contributed by atoms with Gasteiger partial charge in [0.25, 0.3) is 5.91 Å². The van der Waals surface area contributed by atoms with Crippen LogP contribution in [0.25, 0.3) is 0 Å². The Kier molecular flexibility index (Phi) is 7.47. The number of amides is 1. The number of benzene rings is 2. The van der Waals surface area contributed by atoms with E-state index in [-0.39, 0.29) is 17.2 Å². The third-order valence-electron chi connectivity index (χ3n) is 4.04. The lowest BCUT2D eigenvalue weighted by molar-refractivity contribution is -0.0498. The number of hydrogen-bond donors (Lipinski definition) is 1. The van der Waals surface area contributed by atoms with E-state index in [0.29, 0.717) is 24.2 Å². The molecule has 6 nitrogen and oxygen atoms in total. The molecule has 9 heteroatoms. The largest absolute Gasteiger partial charge is 0.435 e. The van der Waals surface area contributed by atoms with Crippen LogP contribution in [0.15, 0.2) is 53.4 Å². The second kappa shape index (κ2) is 9.61. The molecule has 2 aromatic carbocycles. The van der Waals surface area contributed by atoms with Gasteiger partial charge < -0.3 is 10.1 Å². The van der Waals surface area contributed by atoms with E-state index in [1.54, 1.807) is 26.0 Å². The van der Waals surface area contributed by atoms with Crippen molar-refractivity contribution < 1.29 is 26.7 Å². The summed E-state index contributed by atoms with van der Waals surface area (Å²) in [5.41, 5.74) is 0.880. The van der Waals surface area contributed by atoms with Gasteiger partial charge in [-0.05, 0) is 42.0 Å². The Morgan fingerprint density at radius 1 is 1.11 bits per heavy atom. The van der Waals surface area contributed by atoms with Crippen LogP contribution in [0, 0.1) is 0 Å². The van der Waals surface area contributed by atoms with Crippen molar-refractivity contribution in [3.8, 4) is 5.75 Å². The molecule has 1 N–H and O–H groups in total. The highest BCUT2D eigenvalue weighted by Crippen LogP contribution is 2.17. The van der Waals surface area contributed by atoms with E-state index in [1.807, 2.05) is 0 Å². The molecule has 0 fully saturated rings. The standard InChI is InChI=1S/C19H22F2N2O4S/c1-3-23(4-2)28(25,26)17-10-8-15(9-11-17)18(24)22-13-14-6-5-7-16(12-14)27-19(20)21/h5-12,19H,3-4,13H2,1-2H3,(H,22,24). The third kappa shape index (κ3) is 5.49. The summed E-state index contributed by atoms with van der Waals surface area (Å²) in [7, 11) is -3.59. The fourth-order valence-electron chi connectivity index (χ4n) is 2.61. The van der Waals surface area contributed by atoms with E-state index in [9.17, 15) is 22.0 Å². The summed E-state index contributed by atoms with van der Waals surface area (Å²) in [6.07, 6.45) is 0. The van der Waals surface area contributed by atoms with Gasteiger partial charge in [0.2, 0.25) is 10.0 Å². The van der Waals surface area contributed by atoms with Gasteiger partial charge in [-0.3, -0.25) is 4.79 Å². The predicted molar refractivity (Wildman–Crippen MR) is 101 cm³/mol. The van der Waals surface area contributed by atoms with Crippen LogP contribution in [-0.2, 0) is 16.6 Å². The van der Waals surface area contributed by atoms with Crippen molar-refractivity contribution in [3.05, 3.63) is 59.7 Å². The number of ether oxygens (including phenoxy) is 1. The fourth-order valence-corrected chi connectivity index (χ4v) is 4.06. The number of nitrogens with zero attached hydrogens (tertiary/aromatic N) is 1. The van der Waals surface area contributed by atoms with Crippen molar-refractivity contribution in [2.24, 2.45) is 0 Å². The van der Waals surface area contributed by atoms with Gasteiger partial charge in [-0.2, -0.15) is 13.1 Å². The number of alkyl halides is 2. The van der Waals surface area contributed by atoms with E-state index in [1.165, 1.54) is 40.7 Å². The Morgan fingerprint density at radius 2 is 1.75 bits per heavy atom. The van der Waals surface area contributed by atoms with Crippen LogP contribution in [-0.4, -0.2) is 38.3 Å². The Labute approximate surface area is 163 Å². The van der Waals surface area contributed by atoms with E-state index in [2.05, 4.69) is 10.1 Å². The Bertz CT molecular complexity index is 898. The average Bonchev–Trinajstić information content (AvgIpc) is 2.67. The Balaban J connectivity index is 2.04. The van der Waals surface area contributed by atoms with Crippen LogP contribution in [0.4, 0.5) is 8.78 Å². The Morgan fingerprint density at radius 3 is 2.32 bits per heavy atom. The maximum atomic E-state index is 12.5. The lowest BCUT2D eigenvalue weighted by Crippen LogP contribution is -2.30. The lowest BCUT2D eigenvalue weighted by atomic mass is 10.2. The van der Waals surface area contributed by atoms with Crippen molar-refractivity contribution in [1.29, 1.82) is 0 Å². The summed E-state index contributed by atoms with van der Waals surface area (Å²) in [6.45, 7) is 1.41. The molecule has 0 heterocycles. The van der Waals surface area contributed by atoms with Gasteiger partial charge in [0, 0.05) is 25.2 Å². The first kappa shape index (κ1) is 21.8. The number of nitrogens with one attached hydrogen (secondary N) is 1. The lowest BCUT2D eigenvalue weighted by Gasteiger charge is -2.18. The van der Waals surface area contributed by atoms with Crippen molar-refractivity contribution in [2.75, 3.05) is 13.1 Å². The molecule has 0 spiro atoms. The van der Waals surface area contributed by atoms with Gasteiger partial charge >= 0.3 is 6.61 Å². The second-order valence-electron chi connectivity index (χ2n) is 5.82. The smallest absolute Gasteiger partial charge is 0.387 e. The second-order valence-corrected chi connectivity index (χ2v) is 7.76. The molecule has 0 saturated heterocycles. The molecule has 0 unspecified atom stereocenters. The molecular weight excluding hydrogens is 390 g/mol. The van der Waals surface area contributed by atoms with Gasteiger partial charge in [-0.25, -0.2) is 8.42 Å². The van der Waals surface area contributed by atoms with Crippen molar-refractivity contribution in [3.63, 3.8) is 0 Å². The van der Waals surface area contributed by atoms with Gasteiger partial charge in [-0.15, -0.1) is 0 Å². The first-order valence-electron chi connectivity index (χ1n) is 8.70. The zero-order chi connectivity index (χ0) is 20.7. The molecule has 0 atom stereocenters. The maximum absolute atomic E-state index is 12.5. The van der Waals surface area contributed by atoms with Crippen LogP contribution in [0.3, 0.4) is 0 Å².